The molecule has 6 nitrogen and oxygen atoms in total. The van der Waals surface area contributed by atoms with Gasteiger partial charge in [0, 0.05) is 32.1 Å². The van der Waals surface area contributed by atoms with Crippen LogP contribution in [0.3, 0.4) is 0 Å². The smallest absolute Gasteiger partial charge is 0.244 e. The number of carbonyl (C=O) groups excluding carboxylic acids is 1. The van der Waals surface area contributed by atoms with E-state index < -0.39 is 10.0 Å². The Bertz CT molecular complexity index is 818. The van der Waals surface area contributed by atoms with Gasteiger partial charge in [-0.1, -0.05) is 24.3 Å². The number of allylic oxidation sites excluding steroid dienone is 2. The molecule has 1 aliphatic carbocycles. The first-order chi connectivity index (χ1) is 12.0. The van der Waals surface area contributed by atoms with E-state index in [-0.39, 0.29) is 35.4 Å². The van der Waals surface area contributed by atoms with Crippen LogP contribution in [-0.2, 0) is 14.8 Å². The summed E-state index contributed by atoms with van der Waals surface area (Å²) in [5.74, 6) is 0.145. The van der Waals surface area contributed by atoms with Crippen LogP contribution >= 0.6 is 0 Å². The Balaban J connectivity index is 1.68. The minimum Gasteiger partial charge on any atom is -0.340 e. The number of piperazine rings is 1. The molecule has 7 heteroatoms. The van der Waals surface area contributed by atoms with Crippen molar-refractivity contribution in [3.05, 3.63) is 42.0 Å². The van der Waals surface area contributed by atoms with Crippen LogP contribution in [0, 0.1) is 17.2 Å². The molecule has 1 amide bonds. The fraction of sp³-hybridized carbons (Fsp3) is 0.444. The van der Waals surface area contributed by atoms with Crippen LogP contribution in [0.2, 0.25) is 0 Å². The van der Waals surface area contributed by atoms with Crippen molar-refractivity contribution in [1.82, 2.24) is 9.21 Å². The second kappa shape index (κ2) is 7.38. The zero-order valence-corrected chi connectivity index (χ0v) is 14.8. The Kier molecular flexibility index (Phi) is 5.21. The van der Waals surface area contributed by atoms with Gasteiger partial charge in [0.05, 0.1) is 10.5 Å². The molecule has 1 saturated heterocycles. The van der Waals surface area contributed by atoms with Crippen molar-refractivity contribution in [3.63, 3.8) is 0 Å². The number of nitriles is 1. The van der Waals surface area contributed by atoms with E-state index in [1.807, 2.05) is 12.1 Å². The Hall–Kier alpha value is -2.17. The maximum Gasteiger partial charge on any atom is 0.244 e. The molecule has 25 heavy (non-hydrogen) atoms. The number of carbonyl (C=O) groups is 1. The van der Waals surface area contributed by atoms with E-state index in [0.717, 1.165) is 19.3 Å². The van der Waals surface area contributed by atoms with Crippen LogP contribution in [0.5, 0.6) is 0 Å². The molecule has 0 aromatic heterocycles. The predicted octanol–water partition coefficient (Wildman–Crippen LogP) is 1.75. The average Bonchev–Trinajstić information content (AvgIpc) is 2.68. The molecule has 0 saturated carbocycles. The molecule has 0 radical (unpaired) electrons. The third kappa shape index (κ3) is 3.60. The second-order valence-electron chi connectivity index (χ2n) is 6.32. The summed E-state index contributed by atoms with van der Waals surface area (Å²) in [7, 11) is -3.72. The molecule has 0 unspecified atom stereocenters. The lowest BCUT2D eigenvalue weighted by Gasteiger charge is -2.36. The van der Waals surface area contributed by atoms with Crippen molar-refractivity contribution in [2.75, 3.05) is 26.2 Å². The maximum atomic E-state index is 12.8. The van der Waals surface area contributed by atoms with Crippen LogP contribution in [0.1, 0.15) is 24.8 Å². The molecule has 0 bridgehead atoms. The Labute approximate surface area is 148 Å². The topological polar surface area (TPSA) is 81.5 Å². The van der Waals surface area contributed by atoms with Gasteiger partial charge < -0.3 is 4.90 Å². The first kappa shape index (κ1) is 17.6. The summed E-state index contributed by atoms with van der Waals surface area (Å²) in [4.78, 5) is 14.4. The van der Waals surface area contributed by atoms with Crippen LogP contribution in [0.4, 0.5) is 0 Å². The molecule has 1 atom stereocenters. The summed E-state index contributed by atoms with van der Waals surface area (Å²) in [6, 6.07) is 8.16. The van der Waals surface area contributed by atoms with Gasteiger partial charge in [-0.05, 0) is 31.4 Å². The van der Waals surface area contributed by atoms with Crippen molar-refractivity contribution in [1.29, 1.82) is 5.26 Å². The van der Waals surface area contributed by atoms with Crippen LogP contribution in [0.25, 0.3) is 0 Å². The molecule has 0 spiro atoms. The summed E-state index contributed by atoms with van der Waals surface area (Å²) in [6.07, 6.45) is 6.71. The lowest BCUT2D eigenvalue weighted by molar-refractivity contribution is -0.137. The molecule has 3 rings (SSSR count). The van der Waals surface area contributed by atoms with Crippen molar-refractivity contribution in [3.8, 4) is 6.07 Å². The molecule has 1 aromatic rings. The number of hydrogen-bond acceptors (Lipinski definition) is 4. The highest BCUT2D eigenvalue weighted by molar-refractivity contribution is 7.89. The molecular weight excluding hydrogens is 338 g/mol. The van der Waals surface area contributed by atoms with Crippen molar-refractivity contribution < 1.29 is 13.2 Å². The highest BCUT2D eigenvalue weighted by Gasteiger charge is 2.33. The van der Waals surface area contributed by atoms with Crippen LogP contribution in [0.15, 0.2) is 41.3 Å². The van der Waals surface area contributed by atoms with E-state index in [9.17, 15) is 13.2 Å². The minimum absolute atomic E-state index is 0.0208. The highest BCUT2D eigenvalue weighted by atomic mass is 32.2. The van der Waals surface area contributed by atoms with E-state index in [4.69, 9.17) is 5.26 Å². The highest BCUT2D eigenvalue weighted by Crippen LogP contribution is 2.24. The number of amides is 1. The SMILES string of the molecule is N#Cc1ccccc1S(=O)(=O)N1CCN(C(=O)[C@@H]2CC=CCC2)CC1. The predicted molar refractivity (Wildman–Crippen MR) is 93.0 cm³/mol. The van der Waals surface area contributed by atoms with Crippen molar-refractivity contribution in [2.24, 2.45) is 5.92 Å². The summed E-state index contributed by atoms with van der Waals surface area (Å²) < 4.78 is 27.0. The average molecular weight is 359 g/mol. The summed E-state index contributed by atoms with van der Waals surface area (Å²) in [6.45, 7) is 1.31. The van der Waals surface area contributed by atoms with Crippen molar-refractivity contribution >= 4 is 15.9 Å². The molecule has 132 valence electrons. The fourth-order valence-electron chi connectivity index (χ4n) is 3.35. The largest absolute Gasteiger partial charge is 0.340 e. The van der Waals surface area contributed by atoms with Gasteiger partial charge in [-0.2, -0.15) is 9.57 Å². The third-order valence-electron chi connectivity index (χ3n) is 4.79. The molecular formula is C18H21N3O3S. The van der Waals surface area contributed by atoms with Crippen molar-refractivity contribution in [2.45, 2.75) is 24.2 Å². The van der Waals surface area contributed by atoms with E-state index in [1.165, 1.54) is 16.4 Å². The zero-order valence-electron chi connectivity index (χ0n) is 14.0. The standard InChI is InChI=1S/C18H21N3O3S/c19-14-16-8-4-5-9-17(16)25(23,24)21-12-10-20(11-13-21)18(22)15-6-2-1-3-7-15/h1-2,4-5,8-9,15H,3,6-7,10-13H2/t15-/m1/s1. The van der Waals surface area contributed by atoms with Gasteiger partial charge in [0.2, 0.25) is 15.9 Å². The lowest BCUT2D eigenvalue weighted by atomic mass is 9.93. The van der Waals surface area contributed by atoms with E-state index in [2.05, 4.69) is 6.08 Å². The normalized spacial score (nSPS) is 21.7. The van der Waals surface area contributed by atoms with E-state index in [1.54, 1.807) is 17.0 Å². The Morgan fingerprint density at radius 1 is 1.12 bits per heavy atom. The number of nitrogens with zero attached hydrogens (tertiary/aromatic N) is 3. The lowest BCUT2D eigenvalue weighted by Crippen LogP contribution is -2.52. The number of hydrogen-bond donors (Lipinski definition) is 0. The Morgan fingerprint density at radius 3 is 2.48 bits per heavy atom. The van der Waals surface area contributed by atoms with Gasteiger partial charge in [-0.15, -0.1) is 0 Å². The summed E-state index contributed by atoms with van der Waals surface area (Å²) >= 11 is 0. The zero-order chi connectivity index (χ0) is 17.9. The monoisotopic (exact) mass is 359 g/mol. The van der Waals surface area contributed by atoms with Gasteiger partial charge in [-0.3, -0.25) is 4.79 Å². The molecule has 1 aromatic carbocycles. The third-order valence-corrected chi connectivity index (χ3v) is 6.75. The van der Waals surface area contributed by atoms with Gasteiger partial charge in [0.25, 0.3) is 0 Å². The minimum atomic E-state index is -3.72. The van der Waals surface area contributed by atoms with Gasteiger partial charge >= 0.3 is 0 Å². The number of rotatable bonds is 3. The van der Waals surface area contributed by atoms with E-state index >= 15 is 0 Å². The maximum absolute atomic E-state index is 12.8. The molecule has 1 aliphatic heterocycles. The van der Waals surface area contributed by atoms with Crippen LogP contribution in [-0.4, -0.2) is 49.7 Å². The molecule has 1 fully saturated rings. The quantitative estimate of drug-likeness (QED) is 0.770. The molecule has 1 heterocycles. The first-order valence-corrected chi connectivity index (χ1v) is 9.91. The van der Waals surface area contributed by atoms with Gasteiger partial charge in [0.15, 0.2) is 0 Å². The number of benzene rings is 1. The first-order valence-electron chi connectivity index (χ1n) is 8.47. The van der Waals surface area contributed by atoms with Gasteiger partial charge in [0.1, 0.15) is 6.07 Å². The number of sulfonamides is 1. The molecule has 2 aliphatic rings. The van der Waals surface area contributed by atoms with Crippen LogP contribution < -0.4 is 0 Å². The summed E-state index contributed by atoms with van der Waals surface area (Å²) in [5, 5.41) is 9.15. The second-order valence-corrected chi connectivity index (χ2v) is 8.23. The Morgan fingerprint density at radius 2 is 1.84 bits per heavy atom. The van der Waals surface area contributed by atoms with Gasteiger partial charge in [-0.25, -0.2) is 8.42 Å². The summed E-state index contributed by atoms with van der Waals surface area (Å²) in [5.41, 5.74) is 0.148. The molecule has 0 N–H and O–H groups in total. The fourth-order valence-corrected chi connectivity index (χ4v) is 4.91. The van der Waals surface area contributed by atoms with E-state index in [0.29, 0.717) is 13.1 Å².